The molecule has 0 bridgehead atoms. The molecule has 17 N–H and O–H groups in total. The normalized spacial score (nSPS) is 18.2. The van der Waals surface area contributed by atoms with Crippen molar-refractivity contribution >= 4 is 84.4 Å². The van der Waals surface area contributed by atoms with Gasteiger partial charge in [0.25, 0.3) is 0 Å². The first-order valence-electron chi connectivity index (χ1n) is 21.4. The van der Waals surface area contributed by atoms with Crippen LogP contribution in [0, 0.1) is 11.8 Å². The van der Waals surface area contributed by atoms with Crippen LogP contribution in [0.5, 0.6) is 0 Å². The molecule has 1 heterocycles. The van der Waals surface area contributed by atoms with Gasteiger partial charge >= 0.3 is 0 Å². The number of aliphatic hydroxyl groups is 2. The summed E-state index contributed by atoms with van der Waals surface area (Å²) in [6.07, 6.45) is -2.04. The van der Waals surface area contributed by atoms with Gasteiger partial charge in [-0.05, 0) is 64.7 Å². The Morgan fingerprint density at radius 2 is 1.12 bits per heavy atom. The maximum absolute atomic E-state index is 14.1. The van der Waals surface area contributed by atoms with Crippen LogP contribution in [-0.2, 0) is 43.2 Å². The van der Waals surface area contributed by atoms with Crippen molar-refractivity contribution in [3.8, 4) is 0 Å². The van der Waals surface area contributed by atoms with Crippen LogP contribution in [0.4, 0.5) is 0 Å². The third-order valence-corrected chi connectivity index (χ3v) is 10.9. The highest BCUT2D eigenvalue weighted by Crippen LogP contribution is 2.21. The molecule has 1 fully saturated rings. The van der Waals surface area contributed by atoms with Crippen molar-refractivity contribution in [2.75, 3.05) is 24.6 Å². The molecular formula is C39H71N13O11S2. The fourth-order valence-electron chi connectivity index (χ4n) is 6.56. The van der Waals surface area contributed by atoms with E-state index in [2.05, 4.69) is 67.5 Å². The SMILES string of the molecule is CC(C)C[C@H](NC(=O)[C@H](C)N)C(=O)N[C@@H](CS)C(=O)N[C@H](C(=O)N[C@@H](CCCN=C(N)N)C(=O)N[C@H](C(=O)N1CCC[C@H]1C(=O)N[C@@H](CS)C(=O)N[C@H](C(N)=O)[C@@H](C)O)C(C)C)[C@@H](C)O. The number of amides is 9. The molecule has 11 atom stereocenters. The first-order chi connectivity index (χ1) is 30.3. The lowest BCUT2D eigenvalue weighted by atomic mass is 10.0. The van der Waals surface area contributed by atoms with E-state index in [0.717, 1.165) is 0 Å². The van der Waals surface area contributed by atoms with Gasteiger partial charge in [0.2, 0.25) is 53.2 Å². The number of hydrogen-bond donors (Lipinski definition) is 15. The number of carbonyl (C=O) groups is 9. The minimum Gasteiger partial charge on any atom is -0.391 e. The van der Waals surface area contributed by atoms with Gasteiger partial charge in [0.15, 0.2) is 5.96 Å². The van der Waals surface area contributed by atoms with Crippen molar-refractivity contribution in [3.05, 3.63) is 0 Å². The Bertz CT molecular complexity index is 1700. The smallest absolute Gasteiger partial charge is 0.246 e. The molecular weight excluding hydrogens is 891 g/mol. The number of primary amides is 1. The fraction of sp³-hybridized carbons (Fsp3) is 0.744. The molecule has 1 rings (SSSR count). The molecule has 0 radical (unpaired) electrons. The second-order valence-corrected chi connectivity index (χ2v) is 17.5. The van der Waals surface area contributed by atoms with E-state index in [9.17, 15) is 53.4 Å². The molecule has 24 nitrogen and oxygen atoms in total. The summed E-state index contributed by atoms with van der Waals surface area (Å²) < 4.78 is 0. The molecule has 1 aliphatic heterocycles. The Morgan fingerprint density at radius 1 is 0.646 bits per heavy atom. The second kappa shape index (κ2) is 28.2. The number of thiol groups is 2. The van der Waals surface area contributed by atoms with Crippen molar-refractivity contribution in [1.82, 2.24) is 42.1 Å². The Balaban J connectivity index is 3.32. The number of nitrogens with zero attached hydrogens (tertiary/aromatic N) is 2. The summed E-state index contributed by atoms with van der Waals surface area (Å²) in [6.45, 7) is 11.0. The number of carbonyl (C=O) groups excluding carboxylic acids is 9. The molecule has 0 unspecified atom stereocenters. The molecule has 370 valence electrons. The number of aliphatic imine (C=N–C) groups is 1. The molecule has 9 amide bonds. The second-order valence-electron chi connectivity index (χ2n) is 16.8. The van der Waals surface area contributed by atoms with Gasteiger partial charge in [-0.2, -0.15) is 25.3 Å². The molecule has 65 heavy (non-hydrogen) atoms. The molecule has 0 aromatic rings. The molecule has 0 aliphatic carbocycles. The van der Waals surface area contributed by atoms with Crippen LogP contribution in [0.3, 0.4) is 0 Å². The summed E-state index contributed by atoms with van der Waals surface area (Å²) in [4.78, 5) is 124. The van der Waals surface area contributed by atoms with Crippen molar-refractivity contribution in [2.24, 2.45) is 39.8 Å². The van der Waals surface area contributed by atoms with Crippen LogP contribution in [0.1, 0.15) is 80.6 Å². The number of guanidine groups is 1. The van der Waals surface area contributed by atoms with E-state index in [4.69, 9.17) is 22.9 Å². The first-order valence-corrected chi connectivity index (χ1v) is 22.6. The predicted octanol–water partition coefficient (Wildman–Crippen LogP) is -5.42. The van der Waals surface area contributed by atoms with Crippen LogP contribution >= 0.6 is 25.3 Å². The van der Waals surface area contributed by atoms with Crippen LogP contribution in [0.2, 0.25) is 0 Å². The zero-order chi connectivity index (χ0) is 49.9. The number of nitrogens with one attached hydrogen (secondary N) is 7. The topological polar surface area (TPSA) is 398 Å². The van der Waals surface area contributed by atoms with Gasteiger partial charge in [-0.3, -0.25) is 48.1 Å². The summed E-state index contributed by atoms with van der Waals surface area (Å²) in [6, 6.07) is -11.4. The van der Waals surface area contributed by atoms with E-state index >= 15 is 0 Å². The minimum absolute atomic E-state index is 0.0367. The monoisotopic (exact) mass is 961 g/mol. The van der Waals surface area contributed by atoms with Gasteiger partial charge in [-0.25, -0.2) is 0 Å². The van der Waals surface area contributed by atoms with E-state index in [-0.39, 0.29) is 62.2 Å². The number of nitrogens with two attached hydrogens (primary N) is 4. The van der Waals surface area contributed by atoms with Gasteiger partial charge in [0.05, 0.1) is 18.2 Å². The van der Waals surface area contributed by atoms with Crippen molar-refractivity contribution < 1.29 is 53.4 Å². The Hall–Kier alpha value is -4.92. The molecule has 0 aromatic heterocycles. The highest BCUT2D eigenvalue weighted by atomic mass is 32.1. The van der Waals surface area contributed by atoms with Gasteiger partial charge in [0, 0.05) is 24.6 Å². The van der Waals surface area contributed by atoms with Crippen molar-refractivity contribution in [2.45, 2.75) is 147 Å². The number of aliphatic hydroxyl groups excluding tert-OH is 2. The maximum atomic E-state index is 14.1. The van der Waals surface area contributed by atoms with E-state index in [1.807, 2.05) is 13.8 Å². The third kappa shape index (κ3) is 19.2. The minimum atomic E-state index is -1.68. The van der Waals surface area contributed by atoms with Gasteiger partial charge in [-0.1, -0.05) is 27.7 Å². The lowest BCUT2D eigenvalue weighted by Gasteiger charge is -2.32. The molecule has 0 aromatic carbocycles. The van der Waals surface area contributed by atoms with Crippen LogP contribution < -0.4 is 60.2 Å². The van der Waals surface area contributed by atoms with Crippen molar-refractivity contribution in [1.29, 1.82) is 0 Å². The molecule has 0 spiro atoms. The quantitative estimate of drug-likeness (QED) is 0.0158. The number of rotatable bonds is 27. The van der Waals surface area contributed by atoms with E-state index in [0.29, 0.717) is 6.42 Å². The summed E-state index contributed by atoms with van der Waals surface area (Å²) in [5.74, 6) is -8.62. The summed E-state index contributed by atoms with van der Waals surface area (Å²) in [5.41, 5.74) is 21.8. The summed E-state index contributed by atoms with van der Waals surface area (Å²) in [5, 5.41) is 38.0. The zero-order valence-corrected chi connectivity index (χ0v) is 39.8. The van der Waals surface area contributed by atoms with E-state index in [1.54, 1.807) is 13.8 Å². The lowest BCUT2D eigenvalue weighted by molar-refractivity contribution is -0.143. The van der Waals surface area contributed by atoms with Crippen LogP contribution in [-0.4, -0.2) is 165 Å². The van der Waals surface area contributed by atoms with E-state index in [1.165, 1.54) is 25.7 Å². The first kappa shape index (κ1) is 58.1. The average molecular weight is 962 g/mol. The lowest BCUT2D eigenvalue weighted by Crippen LogP contribution is -2.62. The summed E-state index contributed by atoms with van der Waals surface area (Å²) in [7, 11) is 0. The van der Waals surface area contributed by atoms with Gasteiger partial charge in [-0.15, -0.1) is 0 Å². The molecule has 26 heteroatoms. The highest BCUT2D eigenvalue weighted by molar-refractivity contribution is 7.80. The Kier molecular flexibility index (Phi) is 25.2. The summed E-state index contributed by atoms with van der Waals surface area (Å²) >= 11 is 8.32. The van der Waals surface area contributed by atoms with Gasteiger partial charge in [0.1, 0.15) is 48.3 Å². The van der Waals surface area contributed by atoms with Crippen LogP contribution in [0.15, 0.2) is 4.99 Å². The van der Waals surface area contributed by atoms with E-state index < -0.39 is 126 Å². The van der Waals surface area contributed by atoms with Crippen molar-refractivity contribution in [3.63, 3.8) is 0 Å². The van der Waals surface area contributed by atoms with Crippen LogP contribution in [0.25, 0.3) is 0 Å². The average Bonchev–Trinajstić information content (AvgIpc) is 3.71. The molecule has 1 saturated heterocycles. The molecule has 1 aliphatic rings. The fourth-order valence-corrected chi connectivity index (χ4v) is 7.07. The largest absolute Gasteiger partial charge is 0.391 e. The maximum Gasteiger partial charge on any atom is 0.246 e. The zero-order valence-electron chi connectivity index (χ0n) is 38.0. The Morgan fingerprint density at radius 3 is 1.60 bits per heavy atom. The third-order valence-electron chi connectivity index (χ3n) is 10.2. The highest BCUT2D eigenvalue weighted by Gasteiger charge is 2.41. The Labute approximate surface area is 390 Å². The van der Waals surface area contributed by atoms with Gasteiger partial charge < -0.3 is 75.3 Å². The standard InChI is InChI=1S/C39H71N13O11S2/c1-17(2)14-23(46-31(56)19(5)40)33(58)47-24(15-64)35(60)51-29(21(7)54)37(62)45-22(10-8-12-44-39(42)43)32(57)49-27(18(3)4)38(63)52-13-9-11-26(52)36(61)48-25(16-65)34(59)50-28(20(6)53)30(41)55/h17-29,53-54,64-65H,8-16,40H2,1-7H3,(H2,41,55)(H,45,62)(H,46,56)(H,47,58)(H,48,61)(H,49,57)(H,50,59)(H,51,60)(H4,42,43,44)/t19-,20+,21+,22-,23-,24-,25-,26-,27-,28-,29-/m0/s1. The number of hydrogen-bond acceptors (Lipinski definition) is 15. The predicted molar refractivity (Wildman–Crippen MR) is 246 cm³/mol. The molecule has 0 saturated carbocycles. The number of likely N-dealkylation sites (tertiary alicyclic amines) is 1.